The zero-order valence-corrected chi connectivity index (χ0v) is 27.7. The van der Waals surface area contributed by atoms with E-state index in [1.165, 1.54) is 6.20 Å². The zero-order chi connectivity index (χ0) is 33.8. The second-order valence-electron chi connectivity index (χ2n) is 12.0. The lowest BCUT2D eigenvalue weighted by Crippen LogP contribution is -2.35. The largest absolute Gasteiger partial charge is 0.496 e. The van der Waals surface area contributed by atoms with Gasteiger partial charge in [0.05, 0.1) is 34.5 Å². The topological polar surface area (TPSA) is 129 Å². The molecule has 0 spiro atoms. The van der Waals surface area contributed by atoms with E-state index in [4.69, 9.17) is 27.9 Å². The maximum absolute atomic E-state index is 15.6. The van der Waals surface area contributed by atoms with E-state index in [9.17, 15) is 14.7 Å². The van der Waals surface area contributed by atoms with E-state index in [-0.39, 0.29) is 24.3 Å². The van der Waals surface area contributed by atoms with Crippen LogP contribution >= 0.6 is 23.2 Å². The van der Waals surface area contributed by atoms with Gasteiger partial charge in [-0.3, -0.25) is 19.5 Å². The van der Waals surface area contributed by atoms with Gasteiger partial charge in [0, 0.05) is 78.9 Å². The van der Waals surface area contributed by atoms with Gasteiger partial charge < -0.3 is 25.8 Å². The van der Waals surface area contributed by atoms with Crippen LogP contribution in [0.5, 0.6) is 5.75 Å². The molecule has 48 heavy (non-hydrogen) atoms. The molecule has 250 valence electrons. The minimum Gasteiger partial charge on any atom is -0.496 e. The molecule has 0 unspecified atom stereocenters. The lowest BCUT2D eigenvalue weighted by molar-refractivity contribution is -0.141. The smallest absolute Gasteiger partial charge is 0.307 e. The molecule has 4 N–H and O–H groups in total. The minimum atomic E-state index is -0.833. The molecule has 10 nitrogen and oxygen atoms in total. The zero-order valence-electron chi connectivity index (χ0n) is 26.2. The molecular formula is C35H35Cl2FN6O4. The highest BCUT2D eigenvalue weighted by Gasteiger charge is 2.29. The Hall–Kier alpha value is -4.29. The molecule has 2 saturated heterocycles. The first-order chi connectivity index (χ1) is 23.2. The number of carbonyl (C=O) groups is 2. The number of nitrogens with one attached hydrogen (secondary N) is 3. The number of hydrogen-bond acceptors (Lipinski definition) is 8. The Morgan fingerprint density at radius 1 is 1.08 bits per heavy atom. The Morgan fingerprint density at radius 2 is 1.90 bits per heavy atom. The first-order valence-corrected chi connectivity index (χ1v) is 16.4. The fraction of sp³-hybridized carbons (Fsp3) is 0.314. The molecule has 0 saturated carbocycles. The van der Waals surface area contributed by atoms with E-state index in [2.05, 4.69) is 25.9 Å². The SMILES string of the molecule is COc1cc(-c2nccc(-c3cccc(Nc4nccc(CN5CC[C@@H](C(=O)O)C5)c4F)c3Cl)c2Cl)ccc1CNC[C@@H]1CCC(=O)N1. The van der Waals surface area contributed by atoms with Gasteiger partial charge in [-0.1, -0.05) is 47.5 Å². The van der Waals surface area contributed by atoms with Crippen LogP contribution in [0.3, 0.4) is 0 Å². The highest BCUT2D eigenvalue weighted by molar-refractivity contribution is 6.39. The molecular weight excluding hydrogens is 658 g/mol. The van der Waals surface area contributed by atoms with Gasteiger partial charge in [0.1, 0.15) is 5.75 Å². The van der Waals surface area contributed by atoms with Crippen molar-refractivity contribution < 1.29 is 23.8 Å². The van der Waals surface area contributed by atoms with Crippen LogP contribution in [0, 0.1) is 11.7 Å². The number of methoxy groups -OCH3 is 1. The van der Waals surface area contributed by atoms with Crippen molar-refractivity contribution >= 4 is 46.6 Å². The molecule has 0 aliphatic carbocycles. The van der Waals surface area contributed by atoms with E-state index in [1.807, 2.05) is 29.2 Å². The highest BCUT2D eigenvalue weighted by Crippen LogP contribution is 2.42. The Kier molecular flexibility index (Phi) is 10.4. The Labute approximate surface area is 287 Å². The summed E-state index contributed by atoms with van der Waals surface area (Å²) in [4.78, 5) is 33.5. The molecule has 0 bridgehead atoms. The Balaban J connectivity index is 1.20. The molecule has 2 aromatic carbocycles. The Morgan fingerprint density at radius 3 is 2.65 bits per heavy atom. The van der Waals surface area contributed by atoms with Gasteiger partial charge in [0.25, 0.3) is 0 Å². The maximum Gasteiger partial charge on any atom is 0.307 e. The van der Waals surface area contributed by atoms with Crippen molar-refractivity contribution in [3.05, 3.63) is 87.9 Å². The van der Waals surface area contributed by atoms with E-state index in [0.717, 1.165) is 17.5 Å². The summed E-state index contributed by atoms with van der Waals surface area (Å²) in [7, 11) is 1.61. The van der Waals surface area contributed by atoms with Crippen LogP contribution in [0.25, 0.3) is 22.4 Å². The summed E-state index contributed by atoms with van der Waals surface area (Å²) in [5.74, 6) is -1.04. The molecule has 6 rings (SSSR count). The molecule has 4 heterocycles. The fourth-order valence-corrected chi connectivity index (χ4v) is 6.78. The van der Waals surface area contributed by atoms with Gasteiger partial charge in [-0.05, 0) is 43.7 Å². The van der Waals surface area contributed by atoms with Crippen LogP contribution in [0.2, 0.25) is 10.0 Å². The summed E-state index contributed by atoms with van der Waals surface area (Å²) in [5.41, 5.74) is 4.36. The molecule has 2 atom stereocenters. The maximum atomic E-state index is 15.6. The standard InChI is InChI=1S/C35H35Cl2FN6O4/c1-48-28-15-20(5-6-21(28)16-39-17-24-7-8-29(45)42-24)33-31(37)26(10-13-40-33)25-3-2-4-27(30(25)36)43-34-32(38)22(9-12-41-34)18-44-14-11-23(19-44)35(46)47/h2-6,9-10,12-13,15,23-24,39H,7-8,11,14,16-19H2,1H3,(H,41,43)(H,42,45)(H,46,47)/t23-,24+/m1/s1. The van der Waals surface area contributed by atoms with Gasteiger partial charge in [-0.2, -0.15) is 0 Å². The second kappa shape index (κ2) is 14.9. The lowest BCUT2D eigenvalue weighted by atomic mass is 10.0. The number of likely N-dealkylation sites (tertiary alicyclic amines) is 1. The number of rotatable bonds is 12. The minimum absolute atomic E-state index is 0.0108. The third-order valence-corrected chi connectivity index (χ3v) is 9.56. The van der Waals surface area contributed by atoms with Gasteiger partial charge in [0.15, 0.2) is 11.6 Å². The highest BCUT2D eigenvalue weighted by atomic mass is 35.5. The summed E-state index contributed by atoms with van der Waals surface area (Å²) in [5, 5.41) is 19.4. The number of benzene rings is 2. The van der Waals surface area contributed by atoms with E-state index in [0.29, 0.717) is 82.9 Å². The molecule has 2 aliphatic rings. The van der Waals surface area contributed by atoms with Gasteiger partial charge in [-0.25, -0.2) is 9.37 Å². The molecule has 0 radical (unpaired) electrons. The number of aliphatic carboxylic acids is 1. The number of nitrogens with zero attached hydrogens (tertiary/aromatic N) is 3. The summed E-state index contributed by atoms with van der Waals surface area (Å²) in [6.07, 6.45) is 5.09. The fourth-order valence-electron chi connectivity index (χ4n) is 6.18. The summed E-state index contributed by atoms with van der Waals surface area (Å²) in [6.45, 7) is 2.47. The van der Waals surface area contributed by atoms with Crippen molar-refractivity contribution in [1.29, 1.82) is 0 Å². The van der Waals surface area contributed by atoms with E-state index in [1.54, 1.807) is 37.6 Å². The third-order valence-electron chi connectivity index (χ3n) is 8.77. The van der Waals surface area contributed by atoms with Crippen LogP contribution in [-0.2, 0) is 22.7 Å². The Bertz CT molecular complexity index is 1840. The number of hydrogen-bond donors (Lipinski definition) is 4. The number of halogens is 3. The quantitative estimate of drug-likeness (QED) is 0.136. The third kappa shape index (κ3) is 7.39. The monoisotopic (exact) mass is 692 g/mol. The number of aromatic nitrogens is 2. The number of carbonyl (C=O) groups excluding carboxylic acids is 1. The predicted octanol–water partition coefficient (Wildman–Crippen LogP) is 6.28. The molecule has 2 aromatic heterocycles. The van der Waals surface area contributed by atoms with Crippen LogP contribution < -0.4 is 20.7 Å². The number of carboxylic acids is 1. The van der Waals surface area contributed by atoms with Crippen molar-refractivity contribution in [2.24, 2.45) is 5.92 Å². The lowest BCUT2D eigenvalue weighted by Gasteiger charge is -2.18. The first kappa shape index (κ1) is 33.6. The molecule has 2 fully saturated rings. The average Bonchev–Trinajstić information content (AvgIpc) is 3.73. The van der Waals surface area contributed by atoms with Crippen molar-refractivity contribution in [3.63, 3.8) is 0 Å². The van der Waals surface area contributed by atoms with Gasteiger partial charge in [-0.15, -0.1) is 0 Å². The normalized spacial score (nSPS) is 17.8. The molecule has 2 aliphatic heterocycles. The molecule has 4 aromatic rings. The van der Waals surface area contributed by atoms with Crippen LogP contribution in [-0.4, -0.2) is 64.6 Å². The summed E-state index contributed by atoms with van der Waals surface area (Å²) < 4.78 is 21.3. The average molecular weight is 694 g/mol. The van der Waals surface area contributed by atoms with Gasteiger partial charge in [0.2, 0.25) is 5.91 Å². The summed E-state index contributed by atoms with van der Waals surface area (Å²) >= 11 is 13.9. The van der Waals surface area contributed by atoms with Crippen molar-refractivity contribution in [2.75, 3.05) is 32.1 Å². The number of carboxylic acid groups (broad SMARTS) is 1. The van der Waals surface area contributed by atoms with E-state index >= 15 is 4.39 Å². The number of anilines is 2. The van der Waals surface area contributed by atoms with Gasteiger partial charge >= 0.3 is 5.97 Å². The predicted molar refractivity (Wildman–Crippen MR) is 183 cm³/mol. The van der Waals surface area contributed by atoms with E-state index < -0.39 is 17.7 Å². The second-order valence-corrected chi connectivity index (χ2v) is 12.7. The van der Waals surface area contributed by atoms with Crippen LogP contribution in [0.15, 0.2) is 60.9 Å². The van der Waals surface area contributed by atoms with Crippen molar-refractivity contribution in [2.45, 2.75) is 38.4 Å². The molecule has 1 amide bonds. The van der Waals surface area contributed by atoms with Crippen LogP contribution in [0.4, 0.5) is 15.9 Å². The van der Waals surface area contributed by atoms with Crippen molar-refractivity contribution in [3.8, 4) is 28.1 Å². The first-order valence-electron chi connectivity index (χ1n) is 15.7. The summed E-state index contributed by atoms with van der Waals surface area (Å²) in [6, 6.07) is 14.6. The number of ether oxygens (including phenoxy) is 1. The number of pyridine rings is 2. The van der Waals surface area contributed by atoms with Crippen molar-refractivity contribution in [1.82, 2.24) is 25.5 Å². The van der Waals surface area contributed by atoms with Crippen LogP contribution in [0.1, 0.15) is 30.4 Å². The molecule has 13 heteroatoms. The number of amides is 1.